The van der Waals surface area contributed by atoms with E-state index in [2.05, 4.69) is 6.92 Å². The van der Waals surface area contributed by atoms with Crippen LogP contribution >= 0.6 is 0 Å². The topological polar surface area (TPSA) is 85.2 Å². The van der Waals surface area contributed by atoms with Gasteiger partial charge in [0, 0.05) is 30.8 Å². The largest absolute Gasteiger partial charge is 0.498 e. The molecule has 1 aliphatic carbocycles. The van der Waals surface area contributed by atoms with Crippen LogP contribution in [-0.2, 0) is 23.6 Å². The zero-order valence-corrected chi connectivity index (χ0v) is 22.1. The summed E-state index contributed by atoms with van der Waals surface area (Å²) in [5, 5.41) is 0. The van der Waals surface area contributed by atoms with E-state index >= 15 is 0 Å². The van der Waals surface area contributed by atoms with Gasteiger partial charge in [-0.3, -0.25) is 9.36 Å². The Morgan fingerprint density at radius 3 is 2.21 bits per heavy atom. The van der Waals surface area contributed by atoms with E-state index in [1.165, 1.54) is 17.7 Å². The molecular formula is C25H40BNO7. The fourth-order valence-electron chi connectivity index (χ4n) is 4.09. The lowest BCUT2D eigenvalue weighted by molar-refractivity contribution is -0.161. The molecule has 2 aliphatic rings. The highest BCUT2D eigenvalue weighted by molar-refractivity contribution is 6.63. The quantitative estimate of drug-likeness (QED) is 0.419. The Morgan fingerprint density at radius 2 is 1.74 bits per heavy atom. The van der Waals surface area contributed by atoms with Gasteiger partial charge in [0.25, 0.3) is 5.56 Å². The van der Waals surface area contributed by atoms with E-state index in [9.17, 15) is 9.59 Å². The van der Waals surface area contributed by atoms with Crippen molar-refractivity contribution < 1.29 is 28.3 Å². The Labute approximate surface area is 203 Å². The summed E-state index contributed by atoms with van der Waals surface area (Å²) in [5.41, 5.74) is -1.84. The van der Waals surface area contributed by atoms with Crippen molar-refractivity contribution in [1.29, 1.82) is 0 Å². The van der Waals surface area contributed by atoms with Crippen LogP contribution in [0.2, 0.25) is 0 Å². The van der Waals surface area contributed by atoms with Gasteiger partial charge in [0.1, 0.15) is 17.4 Å². The number of aromatic nitrogens is 1. The molecule has 2 heterocycles. The maximum atomic E-state index is 13.3. The van der Waals surface area contributed by atoms with Gasteiger partial charge in [-0.1, -0.05) is 0 Å². The maximum absolute atomic E-state index is 13.3. The minimum atomic E-state index is -0.850. The second kappa shape index (κ2) is 9.32. The predicted octanol–water partition coefficient (Wildman–Crippen LogP) is 3.39. The fraction of sp³-hybridized carbons (Fsp3) is 0.760. The van der Waals surface area contributed by atoms with Crippen LogP contribution in [0.1, 0.15) is 87.1 Å². The van der Waals surface area contributed by atoms with Crippen LogP contribution in [0.4, 0.5) is 0 Å². The molecule has 1 saturated carbocycles. The molecule has 9 heteroatoms. The lowest BCUT2D eigenvalue weighted by Crippen LogP contribution is -2.42. The van der Waals surface area contributed by atoms with E-state index in [4.69, 9.17) is 23.5 Å². The zero-order valence-electron chi connectivity index (χ0n) is 22.1. The number of methoxy groups -OCH3 is 1. The Balaban J connectivity index is 1.91. The minimum absolute atomic E-state index is 0.151. The SMILES string of the molecule is COc1cn(C(CCOC2(C)CCC2)C(=O)OC(C)(C)C)c(=O)cc1B1OC(C)(C)C(C)(C)O1. The van der Waals surface area contributed by atoms with E-state index < -0.39 is 35.9 Å². The van der Waals surface area contributed by atoms with Crippen LogP contribution in [0.3, 0.4) is 0 Å². The molecule has 0 bridgehead atoms. The molecule has 0 radical (unpaired) electrons. The first-order valence-electron chi connectivity index (χ1n) is 12.1. The van der Waals surface area contributed by atoms with E-state index in [0.717, 1.165) is 19.3 Å². The van der Waals surface area contributed by atoms with Gasteiger partial charge in [0.15, 0.2) is 0 Å². The molecule has 0 spiro atoms. The Hall–Kier alpha value is -1.84. The average Bonchev–Trinajstić information content (AvgIpc) is 2.89. The molecule has 190 valence electrons. The molecule has 1 unspecified atom stereocenters. The van der Waals surface area contributed by atoms with Crippen LogP contribution in [0.5, 0.6) is 5.75 Å². The normalized spacial score (nSPS) is 21.6. The van der Waals surface area contributed by atoms with E-state index in [1.54, 1.807) is 27.0 Å². The summed E-state index contributed by atoms with van der Waals surface area (Å²) >= 11 is 0. The first-order valence-corrected chi connectivity index (χ1v) is 12.1. The fourth-order valence-corrected chi connectivity index (χ4v) is 4.09. The van der Waals surface area contributed by atoms with Gasteiger partial charge in [-0.15, -0.1) is 0 Å². The van der Waals surface area contributed by atoms with E-state index in [-0.39, 0.29) is 11.2 Å². The molecule has 3 rings (SSSR count). The molecule has 0 amide bonds. The Kier molecular flexibility index (Phi) is 7.34. The smallest absolute Gasteiger partial charge is 0.496 e. The molecule has 8 nitrogen and oxygen atoms in total. The number of carbonyl (C=O) groups excluding carboxylic acids is 1. The van der Waals surface area contributed by atoms with Crippen molar-refractivity contribution >= 4 is 18.6 Å². The first-order chi connectivity index (χ1) is 15.6. The molecule has 1 saturated heterocycles. The molecule has 1 atom stereocenters. The highest BCUT2D eigenvalue weighted by atomic mass is 16.7. The van der Waals surface area contributed by atoms with E-state index in [1.807, 2.05) is 27.7 Å². The molecular weight excluding hydrogens is 437 g/mol. The van der Waals surface area contributed by atoms with Gasteiger partial charge >= 0.3 is 13.1 Å². The van der Waals surface area contributed by atoms with Crippen molar-refractivity contribution in [2.24, 2.45) is 0 Å². The van der Waals surface area contributed by atoms with Crippen LogP contribution in [0.15, 0.2) is 17.1 Å². The number of nitrogens with zero attached hydrogens (tertiary/aromatic N) is 1. The summed E-state index contributed by atoms with van der Waals surface area (Å²) < 4.78 is 30.9. The number of pyridine rings is 1. The Bertz CT molecular complexity index is 943. The minimum Gasteiger partial charge on any atom is -0.496 e. The molecule has 1 aromatic heterocycles. The number of esters is 1. The van der Waals surface area contributed by atoms with Crippen molar-refractivity contribution in [3.8, 4) is 5.75 Å². The molecule has 1 aromatic rings. The highest BCUT2D eigenvalue weighted by Gasteiger charge is 2.52. The van der Waals surface area contributed by atoms with Crippen molar-refractivity contribution in [3.05, 3.63) is 22.6 Å². The van der Waals surface area contributed by atoms with Crippen LogP contribution < -0.4 is 15.8 Å². The highest BCUT2D eigenvalue weighted by Crippen LogP contribution is 2.37. The van der Waals surface area contributed by atoms with Gasteiger partial charge in [-0.2, -0.15) is 0 Å². The average molecular weight is 477 g/mol. The molecule has 0 N–H and O–H groups in total. The van der Waals surface area contributed by atoms with Crippen molar-refractivity contribution in [2.45, 2.75) is 110 Å². The molecule has 1 aliphatic heterocycles. The second-order valence-corrected chi connectivity index (χ2v) is 11.6. The van der Waals surface area contributed by atoms with Gasteiger partial charge in [0.05, 0.1) is 23.9 Å². The summed E-state index contributed by atoms with van der Waals surface area (Å²) in [4.78, 5) is 26.4. The summed E-state index contributed by atoms with van der Waals surface area (Å²) in [6.07, 6.45) is 5.00. The number of hydrogen-bond donors (Lipinski definition) is 0. The van der Waals surface area contributed by atoms with Crippen molar-refractivity contribution in [1.82, 2.24) is 4.57 Å². The van der Waals surface area contributed by atoms with Gasteiger partial charge in [-0.25, -0.2) is 4.79 Å². The molecule has 2 fully saturated rings. The number of hydrogen-bond acceptors (Lipinski definition) is 7. The third kappa shape index (κ3) is 5.69. The van der Waals surface area contributed by atoms with Crippen LogP contribution in [0.25, 0.3) is 0 Å². The number of ether oxygens (including phenoxy) is 3. The molecule has 0 aromatic carbocycles. The van der Waals surface area contributed by atoms with Crippen molar-refractivity contribution in [2.75, 3.05) is 13.7 Å². The van der Waals surface area contributed by atoms with Gasteiger partial charge in [-0.05, 0) is 74.7 Å². The van der Waals surface area contributed by atoms with Gasteiger partial charge in [0.2, 0.25) is 0 Å². The second-order valence-electron chi connectivity index (χ2n) is 11.6. The third-order valence-corrected chi connectivity index (χ3v) is 7.07. The number of rotatable bonds is 8. The monoisotopic (exact) mass is 477 g/mol. The van der Waals surface area contributed by atoms with Gasteiger partial charge < -0.3 is 23.5 Å². The third-order valence-electron chi connectivity index (χ3n) is 7.07. The van der Waals surface area contributed by atoms with Crippen LogP contribution in [-0.4, -0.2) is 53.8 Å². The standard InChI is InChI=1S/C25H40BNO7/c1-22(2,3)32-21(29)18(11-14-31-25(8)12-10-13-25)27-16-19(30-9)17(15-20(27)28)26-33-23(4,5)24(6,7)34-26/h15-16,18H,10-14H2,1-9H3. The first kappa shape index (κ1) is 26.8. The van der Waals surface area contributed by atoms with E-state index in [0.29, 0.717) is 24.2 Å². The maximum Gasteiger partial charge on any atom is 0.498 e. The predicted molar refractivity (Wildman–Crippen MR) is 131 cm³/mol. The number of carbonyl (C=O) groups is 1. The summed E-state index contributed by atoms with van der Waals surface area (Å²) in [7, 11) is 0.756. The summed E-state index contributed by atoms with van der Waals surface area (Å²) in [6.45, 7) is 15.6. The van der Waals surface area contributed by atoms with Crippen molar-refractivity contribution in [3.63, 3.8) is 0 Å². The van der Waals surface area contributed by atoms with Crippen LogP contribution in [0, 0.1) is 0 Å². The molecule has 34 heavy (non-hydrogen) atoms. The summed E-state index contributed by atoms with van der Waals surface area (Å²) in [6, 6.07) is 0.573. The lowest BCUT2D eigenvalue weighted by atomic mass is 9.79. The zero-order chi connectivity index (χ0) is 25.5. The Morgan fingerprint density at radius 1 is 1.15 bits per heavy atom. The lowest BCUT2D eigenvalue weighted by Gasteiger charge is -2.38. The summed E-state index contributed by atoms with van der Waals surface area (Å²) in [5.74, 6) is -0.0825.